The van der Waals surface area contributed by atoms with E-state index in [1.807, 2.05) is 11.8 Å². The molecule has 2 rings (SSSR count). The molecule has 1 heterocycles. The molecule has 1 N–H and O–H groups in total. The van der Waals surface area contributed by atoms with Crippen molar-refractivity contribution in [3.8, 4) is 0 Å². The van der Waals surface area contributed by atoms with E-state index in [4.69, 9.17) is 0 Å². The first-order chi connectivity index (χ1) is 9.38. The van der Waals surface area contributed by atoms with Crippen molar-refractivity contribution in [1.82, 2.24) is 10.2 Å². The van der Waals surface area contributed by atoms with Gasteiger partial charge in [0.25, 0.3) is 0 Å². The van der Waals surface area contributed by atoms with Gasteiger partial charge in [-0.15, -0.1) is 11.8 Å². The summed E-state index contributed by atoms with van der Waals surface area (Å²) in [5, 5.41) is 3.67. The fourth-order valence-electron chi connectivity index (χ4n) is 2.63. The highest BCUT2D eigenvalue weighted by atomic mass is 32.2. The molecule has 0 radical (unpaired) electrons. The quantitative estimate of drug-likeness (QED) is 0.804. The van der Waals surface area contributed by atoms with E-state index in [1.54, 1.807) is 0 Å². The van der Waals surface area contributed by atoms with Crippen molar-refractivity contribution in [3.05, 3.63) is 30.3 Å². The number of thioether (sulfide) groups is 1. The summed E-state index contributed by atoms with van der Waals surface area (Å²) in [4.78, 5) is 4.02. The van der Waals surface area contributed by atoms with E-state index in [1.165, 1.54) is 56.1 Å². The molecule has 1 aliphatic heterocycles. The Hall–Kier alpha value is -0.510. The van der Waals surface area contributed by atoms with Crippen molar-refractivity contribution in [2.24, 2.45) is 0 Å². The topological polar surface area (TPSA) is 15.3 Å². The first-order valence-electron chi connectivity index (χ1n) is 7.52. The average Bonchev–Trinajstić information content (AvgIpc) is 2.66. The van der Waals surface area contributed by atoms with Gasteiger partial charge in [0, 0.05) is 29.8 Å². The van der Waals surface area contributed by atoms with Gasteiger partial charge in [0.2, 0.25) is 0 Å². The molecule has 1 saturated heterocycles. The van der Waals surface area contributed by atoms with E-state index in [-0.39, 0.29) is 0 Å². The van der Waals surface area contributed by atoms with Crippen LogP contribution in [0.3, 0.4) is 0 Å². The lowest BCUT2D eigenvalue weighted by molar-refractivity contribution is 0.278. The predicted octanol–water partition coefficient (Wildman–Crippen LogP) is 3.24. The molecule has 1 aliphatic rings. The van der Waals surface area contributed by atoms with Gasteiger partial charge in [-0.25, -0.2) is 0 Å². The fraction of sp³-hybridized carbons (Fsp3) is 0.625. The second-order valence-corrected chi connectivity index (χ2v) is 6.42. The van der Waals surface area contributed by atoms with Crippen molar-refractivity contribution < 1.29 is 0 Å². The molecular weight excluding hydrogens is 252 g/mol. The van der Waals surface area contributed by atoms with Crippen molar-refractivity contribution in [2.75, 3.05) is 31.9 Å². The van der Waals surface area contributed by atoms with Gasteiger partial charge in [-0.3, -0.25) is 0 Å². The van der Waals surface area contributed by atoms with Crippen LogP contribution in [-0.4, -0.2) is 42.9 Å². The Morgan fingerprint density at radius 3 is 2.95 bits per heavy atom. The molecule has 0 amide bonds. The highest BCUT2D eigenvalue weighted by molar-refractivity contribution is 7.99. The van der Waals surface area contributed by atoms with Crippen LogP contribution in [0.4, 0.5) is 0 Å². The van der Waals surface area contributed by atoms with Crippen molar-refractivity contribution in [1.29, 1.82) is 0 Å². The summed E-state index contributed by atoms with van der Waals surface area (Å²) in [6.45, 7) is 7.16. The lowest BCUT2D eigenvalue weighted by Crippen LogP contribution is -2.38. The van der Waals surface area contributed by atoms with Crippen LogP contribution >= 0.6 is 11.8 Å². The number of benzene rings is 1. The van der Waals surface area contributed by atoms with Crippen molar-refractivity contribution in [3.63, 3.8) is 0 Å². The average molecular weight is 278 g/mol. The third-order valence-electron chi connectivity index (χ3n) is 3.62. The second-order valence-electron chi connectivity index (χ2n) is 5.26. The normalized spacial score (nSPS) is 21.2. The number of hydrogen-bond donors (Lipinski definition) is 1. The Labute approximate surface area is 122 Å². The van der Waals surface area contributed by atoms with Gasteiger partial charge in [-0.1, -0.05) is 31.5 Å². The van der Waals surface area contributed by atoms with Gasteiger partial charge in [-0.2, -0.15) is 0 Å². The Bertz CT molecular complexity index is 342. The van der Waals surface area contributed by atoms with Crippen molar-refractivity contribution in [2.45, 2.75) is 37.1 Å². The molecule has 1 atom stereocenters. The maximum atomic E-state index is 3.67. The minimum atomic E-state index is 0.703. The molecule has 106 valence electrons. The molecule has 0 spiro atoms. The van der Waals surface area contributed by atoms with E-state index < -0.39 is 0 Å². The van der Waals surface area contributed by atoms with Crippen molar-refractivity contribution >= 4 is 11.8 Å². The largest absolute Gasteiger partial charge is 0.313 e. The van der Waals surface area contributed by atoms with Gasteiger partial charge in [0.1, 0.15) is 0 Å². The Morgan fingerprint density at radius 1 is 1.32 bits per heavy atom. The summed E-state index contributed by atoms with van der Waals surface area (Å²) in [7, 11) is 0. The van der Waals surface area contributed by atoms with Crippen LogP contribution in [0.25, 0.3) is 0 Å². The van der Waals surface area contributed by atoms with Gasteiger partial charge in [0.05, 0.1) is 0 Å². The molecule has 1 aromatic carbocycles. The zero-order valence-electron chi connectivity index (χ0n) is 12.0. The van der Waals surface area contributed by atoms with Crippen LogP contribution in [0.2, 0.25) is 0 Å². The van der Waals surface area contributed by atoms with Crippen LogP contribution in [0.1, 0.15) is 26.2 Å². The molecular formula is C16H26N2S. The summed E-state index contributed by atoms with van der Waals surface area (Å²) >= 11 is 1.97. The smallest absolute Gasteiger partial charge is 0.0194 e. The first-order valence-corrected chi connectivity index (χ1v) is 8.50. The van der Waals surface area contributed by atoms with E-state index in [0.29, 0.717) is 6.04 Å². The summed E-state index contributed by atoms with van der Waals surface area (Å²) in [6.07, 6.45) is 3.88. The lowest BCUT2D eigenvalue weighted by atomic mass is 10.1. The second kappa shape index (κ2) is 8.62. The van der Waals surface area contributed by atoms with Gasteiger partial charge < -0.3 is 10.2 Å². The monoisotopic (exact) mass is 278 g/mol. The Morgan fingerprint density at radius 2 is 2.16 bits per heavy atom. The molecule has 1 aromatic rings. The van der Waals surface area contributed by atoms with E-state index in [9.17, 15) is 0 Å². The van der Waals surface area contributed by atoms with E-state index >= 15 is 0 Å². The van der Waals surface area contributed by atoms with Gasteiger partial charge >= 0.3 is 0 Å². The summed E-state index contributed by atoms with van der Waals surface area (Å²) in [6, 6.07) is 11.4. The number of hydrogen-bond acceptors (Lipinski definition) is 3. The lowest BCUT2D eigenvalue weighted by Gasteiger charge is -2.23. The fourth-order valence-corrected chi connectivity index (χ4v) is 3.57. The Balaban J connectivity index is 1.72. The third kappa shape index (κ3) is 5.55. The number of nitrogens with zero attached hydrogens (tertiary/aromatic N) is 1. The van der Waals surface area contributed by atoms with E-state index in [0.717, 1.165) is 0 Å². The molecule has 19 heavy (non-hydrogen) atoms. The molecule has 0 aliphatic carbocycles. The molecule has 3 heteroatoms. The maximum Gasteiger partial charge on any atom is 0.0194 e. The van der Waals surface area contributed by atoms with Gasteiger partial charge in [0.15, 0.2) is 0 Å². The van der Waals surface area contributed by atoms with Crippen LogP contribution < -0.4 is 5.32 Å². The van der Waals surface area contributed by atoms with Crippen LogP contribution in [0.5, 0.6) is 0 Å². The predicted molar refractivity (Wildman–Crippen MR) is 84.9 cm³/mol. The molecule has 2 nitrogen and oxygen atoms in total. The minimum Gasteiger partial charge on any atom is -0.313 e. The number of nitrogens with one attached hydrogen (secondary N) is 1. The summed E-state index contributed by atoms with van der Waals surface area (Å²) < 4.78 is 0. The van der Waals surface area contributed by atoms with Crippen LogP contribution in [-0.2, 0) is 0 Å². The van der Waals surface area contributed by atoms with Crippen LogP contribution in [0, 0.1) is 0 Å². The zero-order chi connectivity index (χ0) is 13.3. The standard InChI is InChI=1S/C16H26N2S/c1-2-7-15-14-18(11-6-10-17-15)12-13-19-16-8-4-3-5-9-16/h3-5,8-9,15,17H,2,6-7,10-14H2,1H3. The SMILES string of the molecule is CCCC1CN(CCSc2ccccc2)CCCN1. The zero-order valence-corrected chi connectivity index (χ0v) is 12.8. The van der Waals surface area contributed by atoms with Gasteiger partial charge in [-0.05, 0) is 38.1 Å². The maximum absolute atomic E-state index is 3.67. The summed E-state index contributed by atoms with van der Waals surface area (Å²) in [5.74, 6) is 1.20. The number of rotatable bonds is 6. The molecule has 0 aromatic heterocycles. The first kappa shape index (κ1) is 14.9. The molecule has 1 fully saturated rings. The van der Waals surface area contributed by atoms with E-state index in [2.05, 4.69) is 47.5 Å². The highest BCUT2D eigenvalue weighted by Gasteiger charge is 2.16. The third-order valence-corrected chi connectivity index (χ3v) is 4.61. The molecule has 1 unspecified atom stereocenters. The molecule has 0 bridgehead atoms. The minimum absolute atomic E-state index is 0.703. The highest BCUT2D eigenvalue weighted by Crippen LogP contribution is 2.17. The van der Waals surface area contributed by atoms with Crippen LogP contribution in [0.15, 0.2) is 35.2 Å². The molecule has 0 saturated carbocycles. The Kier molecular flexibility index (Phi) is 6.75. The summed E-state index contributed by atoms with van der Waals surface area (Å²) in [5.41, 5.74) is 0.